The van der Waals surface area contributed by atoms with Gasteiger partial charge in [0.1, 0.15) is 34.8 Å². The molecule has 2 saturated heterocycles. The Morgan fingerprint density at radius 3 is 1.16 bits per heavy atom. The van der Waals surface area contributed by atoms with Gasteiger partial charge >= 0.3 is 0 Å². The Bertz CT molecular complexity index is 7500. The van der Waals surface area contributed by atoms with Crippen molar-refractivity contribution in [1.82, 2.24) is 144 Å². The molecule has 2 spiro atoms. The van der Waals surface area contributed by atoms with E-state index in [4.69, 9.17) is 43.4 Å². The Hall–Kier alpha value is -13.6. The number of Topliss-reactive ketones (excluding diaryl/α,β-unsaturated/α-hetero) is 3. The van der Waals surface area contributed by atoms with Crippen LogP contribution in [0.1, 0.15) is 237 Å². The second-order valence-corrected chi connectivity index (χ2v) is 44.3. The first-order chi connectivity index (χ1) is 70.6. The molecular weight excluding hydrogens is 1860 g/mol. The van der Waals surface area contributed by atoms with E-state index in [0.29, 0.717) is 116 Å². The summed E-state index contributed by atoms with van der Waals surface area (Å²) in [7, 11) is 8.85. The molecule has 10 aliphatic carbocycles. The maximum Gasteiger partial charge on any atom is 0.276 e. The zero-order chi connectivity index (χ0) is 103. The molecule has 10 aromatic heterocycles. The van der Waals surface area contributed by atoms with Crippen LogP contribution < -0.4 is 0 Å². The van der Waals surface area contributed by atoms with Gasteiger partial charge in [-0.05, 0) is 201 Å². The van der Waals surface area contributed by atoms with Crippen LogP contribution in [-0.4, -0.2) is 205 Å². The first kappa shape index (κ1) is 98.1. The number of aliphatic hydroxyl groups excluding tert-OH is 1. The first-order valence-electron chi connectivity index (χ1n) is 52.2. The van der Waals surface area contributed by atoms with Crippen LogP contribution in [0.3, 0.4) is 0 Å². The summed E-state index contributed by atoms with van der Waals surface area (Å²) in [5.74, 6) is 9.47. The lowest BCUT2D eigenvalue weighted by atomic mass is 9.55. The fourth-order valence-electron chi connectivity index (χ4n) is 28.2. The number of aryl methyl sites for hydroxylation is 9. The van der Waals surface area contributed by atoms with Crippen LogP contribution in [0.15, 0.2) is 131 Å². The maximum atomic E-state index is 13.2. The van der Waals surface area contributed by atoms with E-state index in [2.05, 4.69) is 265 Å². The highest BCUT2D eigenvalue weighted by atomic mass is 16.7. The third kappa shape index (κ3) is 16.2. The number of ether oxygens (including phenoxy) is 4. The number of benzene rings is 4. The number of tetrazole rings is 5. The number of imidazole rings is 4. The molecule has 4 aromatic carbocycles. The number of aliphatic hydroxyl groups is 1. The van der Waals surface area contributed by atoms with E-state index in [-0.39, 0.29) is 68.2 Å². The molecule has 766 valence electrons. The van der Waals surface area contributed by atoms with E-state index >= 15 is 0 Å². The van der Waals surface area contributed by atoms with Crippen LogP contribution in [0.4, 0.5) is 0 Å². The fraction of sp³-hybridized carbons (Fsp3) is 0.532. The summed E-state index contributed by atoms with van der Waals surface area (Å²) in [4.78, 5) is 66.8. The minimum atomic E-state index is -0.484. The third-order valence-corrected chi connectivity index (χ3v) is 36.0. The van der Waals surface area contributed by atoms with Crippen LogP contribution in [0, 0.1) is 86.4 Å². The molecule has 147 heavy (non-hydrogen) atoms. The Labute approximate surface area is 853 Å². The van der Waals surface area contributed by atoms with E-state index in [1.165, 1.54) is 57.8 Å². The molecule has 4 saturated carbocycles. The number of hydrogen-bond donors (Lipinski definition) is 1. The van der Waals surface area contributed by atoms with Crippen LogP contribution >= 0.6 is 0 Å². The second kappa shape index (κ2) is 37.4. The van der Waals surface area contributed by atoms with Crippen molar-refractivity contribution in [1.29, 1.82) is 0 Å². The lowest BCUT2D eigenvalue weighted by Gasteiger charge is -2.53. The number of aromatic nitrogens is 29. The van der Waals surface area contributed by atoms with Gasteiger partial charge in [0, 0.05) is 127 Å². The Morgan fingerprint density at radius 1 is 0.401 bits per heavy atom. The van der Waals surface area contributed by atoms with Gasteiger partial charge < -0.3 is 28.6 Å². The molecule has 0 radical (unpaired) electrons. The van der Waals surface area contributed by atoms with Crippen molar-refractivity contribution in [2.45, 2.75) is 252 Å². The highest BCUT2D eigenvalue weighted by Crippen LogP contribution is 2.62. The zero-order valence-electron chi connectivity index (χ0n) is 87.5. The van der Waals surface area contributed by atoms with Crippen LogP contribution in [0.25, 0.3) is 69.3 Å². The number of fused-ring (bicyclic) bond motifs is 14. The predicted molar refractivity (Wildman–Crippen MR) is 540 cm³/mol. The topological polar surface area (TPSA) is 424 Å². The van der Waals surface area contributed by atoms with Crippen molar-refractivity contribution in [2.75, 3.05) is 26.4 Å². The normalized spacial score (nSPS) is 28.0. The molecule has 2 aliphatic heterocycles. The minimum Gasteiger partial charge on any atom is -0.515 e. The van der Waals surface area contributed by atoms with E-state index in [0.717, 1.165) is 199 Å². The monoisotopic (exact) mass is 1990 g/mol. The summed E-state index contributed by atoms with van der Waals surface area (Å²) < 4.78 is 38.3. The number of rotatable bonds is 10. The standard InChI is InChI=1S/C24H30N6O2.C23H25N7O.C23H26N6O2.C22H26N6O.C17H24N4O3/c1-15-7-5-6-8-17(15)21-25-20-19(30(21)22-26-28-29(4)27-22)10-9-18-16(2)24(31-13-14-32-24)12-11-23(18,20)3;1-13-7-5-6-8-16(13)21-25-20-18(30(21)22-26-28-29(4)27-22)10-9-17-14(2)19-15(12-24-31-19)11-23(17,20)3;1-13-7-5-6-8-16(13)21-24-20-18(29(21)22-25-27-28(4)26-22)10-9-17-14(2)19(31)15(12-30)11-23(17,20)3;1-13-7-5-6-8-15(13)20-23-19-17(28(20)21-24-26-27(4)25-21)10-9-16-14(2)18(29)11-12-22(16,19)3;1-11-13-5-4-12(10-14-18-20-21(3)19-14)15(22)16(13,2)6-7-17(11)23-8-9-24-17/h5-8,16,18H,9-14H2,1-4H3;5-8,12,14,17H,9-11H2,1-4H3;5-8,12,14,17,30H,9-11H2,1-4H3;5-8,14,16H,9-12H2,1-4H3;4,11,13H,5-10H2,1-3H3/b;;15-12-;;/t16-,18-,23-;2*14-,17-,23-;14-,16-,22-;11-,13-,16-/m00000/s1. The molecule has 0 bridgehead atoms. The SMILES string of the molecule is C[C@H]1[C@@H]2CC=C(Cc3nnn(C)n3)C(=O)[C@@]2(C)CCC12OCCO2.Cc1ccccc1-c1nc2c(n1-c1nnn(C)n1)CC[C@H]1[C@H](C)C(=O)/C(=C\O)C[C@]21C.Cc1ccccc1-c1nc2c(n1-c1nnn(C)n1)CC[C@H]1[C@H](C)C(=O)CC[C@]21C.Cc1ccccc1-c1nc2c(n1-c1nnn(C)n1)CC[C@H]1[C@H](C)C3(CC[C@]21C)OCCO3.Cc1ccccc1-c1nc2c(n1-c1nnn(C)n1)CC[C@H]1[C@H](C)c3oncc3C[C@]21C. The summed E-state index contributed by atoms with van der Waals surface area (Å²) >= 11 is 0. The number of carbonyl (C=O) groups excluding carboxylic acids is 3. The molecule has 0 amide bonds. The molecule has 0 unspecified atom stereocenters. The fourth-order valence-corrected chi connectivity index (χ4v) is 28.2. The lowest BCUT2D eigenvalue weighted by molar-refractivity contribution is -0.239. The van der Waals surface area contributed by atoms with Gasteiger partial charge in [0.05, 0.1) is 108 Å². The molecule has 1 N–H and O–H groups in total. The van der Waals surface area contributed by atoms with Crippen LogP contribution in [-0.2, 0) is 129 Å². The third-order valence-electron chi connectivity index (χ3n) is 36.0. The minimum absolute atomic E-state index is 0.0432. The molecule has 38 nitrogen and oxygen atoms in total. The molecule has 14 aromatic rings. The average molecular weight is 1990 g/mol. The van der Waals surface area contributed by atoms with Gasteiger partial charge in [0.2, 0.25) is 0 Å². The van der Waals surface area contributed by atoms with Gasteiger partial charge in [0.25, 0.3) is 23.8 Å². The van der Waals surface area contributed by atoms with Crippen LogP contribution in [0.5, 0.6) is 0 Å². The van der Waals surface area contributed by atoms with E-state index in [1.54, 1.807) is 35.2 Å². The molecule has 38 heteroatoms. The molecular formula is C109H131N29O9. The second-order valence-electron chi connectivity index (χ2n) is 44.3. The lowest BCUT2D eigenvalue weighted by Crippen LogP contribution is -2.55. The maximum absolute atomic E-state index is 13.2. The highest BCUT2D eigenvalue weighted by molar-refractivity contribution is 6.01. The van der Waals surface area contributed by atoms with Crippen molar-refractivity contribution >= 4 is 17.3 Å². The number of nitrogens with zero attached hydrogens (tertiary/aromatic N) is 29. The predicted octanol–water partition coefficient (Wildman–Crippen LogP) is 14.8. The Morgan fingerprint density at radius 2 is 0.762 bits per heavy atom. The number of allylic oxidation sites excluding steroid dienone is 3. The highest BCUT2D eigenvalue weighted by Gasteiger charge is 2.62. The Kier molecular flexibility index (Phi) is 24.9. The first-order valence-corrected chi connectivity index (χ1v) is 52.2. The van der Waals surface area contributed by atoms with Gasteiger partial charge in [-0.2, -0.15) is 24.0 Å². The van der Waals surface area contributed by atoms with E-state index in [1.807, 2.05) is 42.0 Å². The van der Waals surface area contributed by atoms with Gasteiger partial charge in [-0.15, -0.1) is 30.6 Å². The number of ketones is 3. The largest absolute Gasteiger partial charge is 0.515 e. The number of hydrogen-bond acceptors (Lipinski definition) is 29. The summed E-state index contributed by atoms with van der Waals surface area (Å²) in [6.45, 7) is 33.2. The van der Waals surface area contributed by atoms with Crippen molar-refractivity contribution in [3.05, 3.63) is 212 Å². The van der Waals surface area contributed by atoms with Crippen LogP contribution in [0.2, 0.25) is 0 Å². The zero-order valence-corrected chi connectivity index (χ0v) is 87.5. The van der Waals surface area contributed by atoms with Gasteiger partial charge in [-0.3, -0.25) is 32.7 Å². The van der Waals surface area contributed by atoms with Crippen molar-refractivity contribution < 1.29 is 43.0 Å². The molecule has 12 aliphatic rings. The molecule has 26 rings (SSSR count). The summed E-state index contributed by atoms with van der Waals surface area (Å²) in [5, 5.41) is 77.6. The van der Waals surface area contributed by atoms with Gasteiger partial charge in [-0.1, -0.05) is 198 Å². The van der Waals surface area contributed by atoms with E-state index in [9.17, 15) is 19.5 Å². The van der Waals surface area contributed by atoms with Gasteiger partial charge in [0.15, 0.2) is 29.0 Å². The quantitative estimate of drug-likeness (QED) is 0.0981. The van der Waals surface area contributed by atoms with Crippen molar-refractivity contribution in [3.8, 4) is 69.3 Å². The molecule has 6 fully saturated rings. The molecule has 12 heterocycles. The van der Waals surface area contributed by atoms with Gasteiger partial charge in [-0.25, -0.2) is 19.9 Å². The Balaban J connectivity index is 0.000000105. The summed E-state index contributed by atoms with van der Waals surface area (Å²) in [5.41, 5.74) is 19.5. The summed E-state index contributed by atoms with van der Waals surface area (Å²) in [6, 6.07) is 33.2. The van der Waals surface area contributed by atoms with Crippen molar-refractivity contribution in [2.24, 2.45) is 93.9 Å². The average Bonchev–Trinajstić information content (AvgIpc) is 1.58. The molecule has 15 atom stereocenters. The number of carbonyl (C=O) groups is 3. The van der Waals surface area contributed by atoms with E-state index < -0.39 is 11.6 Å². The van der Waals surface area contributed by atoms with Crippen molar-refractivity contribution in [3.63, 3.8) is 0 Å². The smallest absolute Gasteiger partial charge is 0.276 e. The summed E-state index contributed by atoms with van der Waals surface area (Å²) in [6.07, 6.45) is 20.0.